The minimum atomic E-state index is -4.53. The van der Waals surface area contributed by atoms with Crippen molar-refractivity contribution < 1.29 is 27.5 Å². The molecule has 1 rings (SSSR count). The predicted octanol–water partition coefficient (Wildman–Crippen LogP) is 2.93. The molecule has 19 heavy (non-hydrogen) atoms. The summed E-state index contributed by atoms with van der Waals surface area (Å²) in [5.41, 5.74) is 0.230. The molecule has 0 aliphatic heterocycles. The van der Waals surface area contributed by atoms with E-state index in [4.69, 9.17) is 16.7 Å². The third kappa shape index (κ3) is 5.89. The molecule has 0 bridgehead atoms. The van der Waals surface area contributed by atoms with Gasteiger partial charge in [-0.1, -0.05) is 17.7 Å². The molecule has 0 radical (unpaired) electrons. The SMILES string of the molecule is O=C(O)CN(Cc1ccc(F)cc1Cl)CC(F)(F)F. The maximum Gasteiger partial charge on any atom is 0.401 e. The first-order chi connectivity index (χ1) is 8.67. The highest BCUT2D eigenvalue weighted by atomic mass is 35.5. The van der Waals surface area contributed by atoms with E-state index in [0.29, 0.717) is 4.90 Å². The highest BCUT2D eigenvalue weighted by Crippen LogP contribution is 2.22. The van der Waals surface area contributed by atoms with Gasteiger partial charge in [0.05, 0.1) is 13.1 Å². The van der Waals surface area contributed by atoms with Gasteiger partial charge in [0.2, 0.25) is 0 Å². The largest absolute Gasteiger partial charge is 0.480 e. The second-order valence-corrected chi connectivity index (χ2v) is 4.30. The van der Waals surface area contributed by atoms with Crippen molar-refractivity contribution in [3.8, 4) is 0 Å². The fraction of sp³-hybridized carbons (Fsp3) is 0.364. The molecule has 0 atom stereocenters. The van der Waals surface area contributed by atoms with Gasteiger partial charge in [-0.2, -0.15) is 13.2 Å². The molecule has 0 aromatic heterocycles. The van der Waals surface area contributed by atoms with Crippen molar-refractivity contribution >= 4 is 17.6 Å². The summed E-state index contributed by atoms with van der Waals surface area (Å²) in [6.45, 7) is -2.49. The van der Waals surface area contributed by atoms with Gasteiger partial charge in [-0.3, -0.25) is 9.69 Å². The molecule has 0 saturated heterocycles. The molecule has 0 unspecified atom stereocenters. The highest BCUT2D eigenvalue weighted by Gasteiger charge is 2.31. The Labute approximate surface area is 111 Å². The van der Waals surface area contributed by atoms with Crippen LogP contribution in [0.4, 0.5) is 17.6 Å². The second kappa shape index (κ2) is 6.21. The third-order valence-corrected chi connectivity index (χ3v) is 2.52. The van der Waals surface area contributed by atoms with E-state index in [1.54, 1.807) is 0 Å². The zero-order valence-electron chi connectivity index (χ0n) is 9.55. The summed E-state index contributed by atoms with van der Waals surface area (Å²) in [6.07, 6.45) is -4.53. The quantitative estimate of drug-likeness (QED) is 0.850. The maximum atomic E-state index is 12.8. The minimum absolute atomic E-state index is 0.0439. The van der Waals surface area contributed by atoms with Gasteiger partial charge in [0, 0.05) is 11.6 Å². The van der Waals surface area contributed by atoms with Gasteiger partial charge in [0.1, 0.15) is 5.82 Å². The molecule has 0 fully saturated rings. The van der Waals surface area contributed by atoms with E-state index in [2.05, 4.69) is 0 Å². The molecular formula is C11H10ClF4NO2. The maximum absolute atomic E-state index is 12.8. The Hall–Kier alpha value is -1.34. The normalized spacial score (nSPS) is 11.9. The lowest BCUT2D eigenvalue weighted by Gasteiger charge is -2.22. The smallest absolute Gasteiger partial charge is 0.401 e. The van der Waals surface area contributed by atoms with Crippen molar-refractivity contribution in [2.24, 2.45) is 0 Å². The molecule has 0 heterocycles. The number of aliphatic carboxylic acids is 1. The van der Waals surface area contributed by atoms with Gasteiger partial charge >= 0.3 is 12.1 Å². The molecule has 1 aromatic carbocycles. The van der Waals surface area contributed by atoms with Crippen molar-refractivity contribution in [2.45, 2.75) is 12.7 Å². The van der Waals surface area contributed by atoms with Crippen molar-refractivity contribution in [1.82, 2.24) is 4.90 Å². The highest BCUT2D eigenvalue weighted by molar-refractivity contribution is 6.31. The first-order valence-electron chi connectivity index (χ1n) is 5.12. The van der Waals surface area contributed by atoms with Crippen LogP contribution in [0.5, 0.6) is 0 Å². The Morgan fingerprint density at radius 1 is 1.37 bits per heavy atom. The lowest BCUT2D eigenvalue weighted by atomic mass is 10.2. The summed E-state index contributed by atoms with van der Waals surface area (Å²) in [5.74, 6) is -2.00. The van der Waals surface area contributed by atoms with Gasteiger partial charge < -0.3 is 5.11 Å². The number of hydrogen-bond donors (Lipinski definition) is 1. The van der Waals surface area contributed by atoms with Gasteiger partial charge in [0.15, 0.2) is 0 Å². The summed E-state index contributed by atoms with van der Waals surface area (Å²) in [5, 5.41) is 8.53. The third-order valence-electron chi connectivity index (χ3n) is 2.17. The second-order valence-electron chi connectivity index (χ2n) is 3.89. The minimum Gasteiger partial charge on any atom is -0.480 e. The van der Waals surface area contributed by atoms with Gasteiger partial charge in [0.25, 0.3) is 0 Å². The number of carboxylic acid groups (broad SMARTS) is 1. The van der Waals surface area contributed by atoms with Gasteiger partial charge in [-0.25, -0.2) is 4.39 Å². The fourth-order valence-corrected chi connectivity index (χ4v) is 1.73. The fourth-order valence-electron chi connectivity index (χ4n) is 1.50. The number of rotatable bonds is 5. The monoisotopic (exact) mass is 299 g/mol. The number of benzene rings is 1. The van der Waals surface area contributed by atoms with E-state index >= 15 is 0 Å². The van der Waals surface area contributed by atoms with Crippen LogP contribution >= 0.6 is 11.6 Å². The number of carbonyl (C=O) groups is 1. The van der Waals surface area contributed by atoms with Crippen molar-refractivity contribution in [3.63, 3.8) is 0 Å². The Kier molecular flexibility index (Phi) is 5.13. The molecule has 0 aliphatic rings. The van der Waals surface area contributed by atoms with Crippen LogP contribution in [0.15, 0.2) is 18.2 Å². The Morgan fingerprint density at radius 3 is 2.47 bits per heavy atom. The van der Waals surface area contributed by atoms with E-state index in [1.807, 2.05) is 0 Å². The topological polar surface area (TPSA) is 40.5 Å². The van der Waals surface area contributed by atoms with Gasteiger partial charge in [-0.15, -0.1) is 0 Å². The average Bonchev–Trinajstić information content (AvgIpc) is 2.18. The number of carboxylic acids is 1. The molecule has 0 aliphatic carbocycles. The lowest BCUT2D eigenvalue weighted by molar-refractivity contribution is -0.154. The summed E-state index contributed by atoms with van der Waals surface area (Å²) in [6, 6.07) is 3.24. The van der Waals surface area contributed by atoms with Crippen LogP contribution in [0.2, 0.25) is 5.02 Å². The van der Waals surface area contributed by atoms with Gasteiger partial charge in [-0.05, 0) is 17.7 Å². The number of alkyl halides is 3. The first kappa shape index (κ1) is 15.7. The van der Waals surface area contributed by atoms with Crippen LogP contribution in [0, 0.1) is 5.82 Å². The van der Waals surface area contributed by atoms with E-state index in [0.717, 1.165) is 12.1 Å². The molecular weight excluding hydrogens is 290 g/mol. The molecule has 1 aromatic rings. The average molecular weight is 300 g/mol. The van der Waals surface area contributed by atoms with Crippen LogP contribution in [0.3, 0.4) is 0 Å². The van der Waals surface area contributed by atoms with Crippen molar-refractivity contribution in [1.29, 1.82) is 0 Å². The predicted molar refractivity (Wildman–Crippen MR) is 60.4 cm³/mol. The Balaban J connectivity index is 2.84. The van der Waals surface area contributed by atoms with E-state index < -0.39 is 31.1 Å². The summed E-state index contributed by atoms with van der Waals surface area (Å²) in [7, 11) is 0. The number of hydrogen-bond acceptors (Lipinski definition) is 2. The summed E-state index contributed by atoms with van der Waals surface area (Å²) < 4.78 is 49.7. The van der Waals surface area contributed by atoms with Crippen LogP contribution < -0.4 is 0 Å². The molecule has 1 N–H and O–H groups in total. The first-order valence-corrected chi connectivity index (χ1v) is 5.50. The molecule has 0 spiro atoms. The van der Waals surface area contributed by atoms with Crippen molar-refractivity contribution in [3.05, 3.63) is 34.6 Å². The number of nitrogens with zero attached hydrogens (tertiary/aromatic N) is 1. The van der Waals surface area contributed by atoms with E-state index in [-0.39, 0.29) is 17.1 Å². The molecule has 8 heteroatoms. The zero-order chi connectivity index (χ0) is 14.6. The molecule has 3 nitrogen and oxygen atoms in total. The van der Waals surface area contributed by atoms with E-state index in [1.165, 1.54) is 6.07 Å². The molecule has 106 valence electrons. The lowest BCUT2D eigenvalue weighted by Crippen LogP contribution is -2.37. The summed E-state index contributed by atoms with van der Waals surface area (Å²) >= 11 is 5.69. The summed E-state index contributed by atoms with van der Waals surface area (Å²) in [4.78, 5) is 11.2. The zero-order valence-corrected chi connectivity index (χ0v) is 10.3. The van der Waals surface area contributed by atoms with Crippen LogP contribution in [0.25, 0.3) is 0 Å². The van der Waals surface area contributed by atoms with E-state index in [9.17, 15) is 22.4 Å². The van der Waals surface area contributed by atoms with Crippen molar-refractivity contribution in [2.75, 3.05) is 13.1 Å². The molecule has 0 amide bonds. The standard InChI is InChI=1S/C11H10ClF4NO2/c12-9-3-8(13)2-1-7(9)4-17(5-10(18)19)6-11(14,15)16/h1-3H,4-6H2,(H,18,19). The van der Waals surface area contributed by atoms with Crippen LogP contribution in [-0.4, -0.2) is 35.2 Å². The van der Waals surface area contributed by atoms with Crippen LogP contribution in [0.1, 0.15) is 5.56 Å². The molecule has 0 saturated carbocycles. The number of halogens is 5. The Bertz CT molecular complexity index is 464. The Morgan fingerprint density at radius 2 is 2.00 bits per heavy atom. The van der Waals surface area contributed by atoms with Crippen LogP contribution in [-0.2, 0) is 11.3 Å².